The third-order valence-corrected chi connectivity index (χ3v) is 9.03. The number of benzene rings is 5. The molecule has 0 radical (unpaired) electrons. The van der Waals surface area contributed by atoms with Crippen LogP contribution in [0.3, 0.4) is 0 Å². The van der Waals surface area contributed by atoms with Crippen LogP contribution >= 0.6 is 0 Å². The summed E-state index contributed by atoms with van der Waals surface area (Å²) < 4.78 is 0. The number of likely N-dealkylation sites (N-methyl/N-ethyl adjacent to an activating group) is 1. The molecule has 1 unspecified atom stereocenters. The summed E-state index contributed by atoms with van der Waals surface area (Å²) >= 11 is 0. The predicted molar refractivity (Wildman–Crippen MR) is 179 cm³/mol. The molecular weight excluding hydrogens is 508 g/mol. The molecule has 0 spiro atoms. The molecule has 0 amide bonds. The first-order valence-corrected chi connectivity index (χ1v) is 15.5. The number of hydrogen-bond acceptors (Lipinski definition) is 2. The zero-order valence-electron chi connectivity index (χ0n) is 25.0. The molecule has 5 aromatic carbocycles. The van der Waals surface area contributed by atoms with E-state index in [0.717, 1.165) is 45.3 Å². The minimum atomic E-state index is 0.372. The molecule has 212 valence electrons. The summed E-state index contributed by atoms with van der Waals surface area (Å²) in [6, 6.07) is 47.2. The molecule has 0 N–H and O–H groups in total. The molecule has 1 aliphatic rings. The van der Waals surface area contributed by atoms with Crippen LogP contribution in [0.5, 0.6) is 0 Å². The van der Waals surface area contributed by atoms with E-state index in [1.807, 2.05) is 0 Å². The molecule has 1 heterocycles. The molecule has 5 aromatic rings. The molecule has 2 heteroatoms. The normalized spacial score (nSPS) is 13.4. The molecule has 0 bridgehead atoms. The highest BCUT2D eigenvalue weighted by atomic mass is 15.1. The first-order chi connectivity index (χ1) is 20.6. The van der Waals surface area contributed by atoms with Crippen LogP contribution in [0.1, 0.15) is 51.8 Å². The Morgan fingerprint density at radius 2 is 1.14 bits per heavy atom. The number of anilines is 2. The molecule has 2 nitrogen and oxygen atoms in total. The van der Waals surface area contributed by atoms with E-state index < -0.39 is 0 Å². The minimum absolute atomic E-state index is 0.372. The van der Waals surface area contributed by atoms with Gasteiger partial charge in [-0.05, 0) is 88.9 Å². The lowest BCUT2D eigenvalue weighted by atomic mass is 9.91. The second kappa shape index (κ2) is 13.1. The zero-order chi connectivity index (χ0) is 28.7. The first kappa shape index (κ1) is 27.8. The van der Waals surface area contributed by atoms with Gasteiger partial charge in [0, 0.05) is 44.0 Å². The third-order valence-electron chi connectivity index (χ3n) is 9.03. The van der Waals surface area contributed by atoms with Crippen LogP contribution in [-0.2, 0) is 32.2 Å². The van der Waals surface area contributed by atoms with Gasteiger partial charge in [-0.3, -0.25) is 0 Å². The van der Waals surface area contributed by atoms with Gasteiger partial charge in [-0.25, -0.2) is 0 Å². The van der Waals surface area contributed by atoms with Crippen molar-refractivity contribution in [2.75, 3.05) is 29.9 Å². The van der Waals surface area contributed by atoms with Crippen molar-refractivity contribution in [3.05, 3.63) is 166 Å². The highest BCUT2D eigenvalue weighted by Crippen LogP contribution is 2.28. The molecule has 0 aliphatic carbocycles. The monoisotopic (exact) mass is 550 g/mol. The Balaban J connectivity index is 0.997. The van der Waals surface area contributed by atoms with Crippen molar-refractivity contribution in [1.29, 1.82) is 0 Å². The fourth-order valence-electron chi connectivity index (χ4n) is 6.13. The summed E-state index contributed by atoms with van der Waals surface area (Å²) in [4.78, 5) is 4.85. The molecule has 42 heavy (non-hydrogen) atoms. The van der Waals surface area contributed by atoms with Gasteiger partial charge in [-0.15, -0.1) is 0 Å². The molecule has 0 fully saturated rings. The number of rotatable bonds is 10. The van der Waals surface area contributed by atoms with Crippen LogP contribution in [0.15, 0.2) is 127 Å². The van der Waals surface area contributed by atoms with E-state index in [9.17, 15) is 0 Å². The smallest absolute Gasteiger partial charge is 0.0432 e. The van der Waals surface area contributed by atoms with Gasteiger partial charge in [0.2, 0.25) is 0 Å². The van der Waals surface area contributed by atoms with Gasteiger partial charge in [0.05, 0.1) is 0 Å². The maximum absolute atomic E-state index is 2.50. The van der Waals surface area contributed by atoms with Crippen molar-refractivity contribution in [3.8, 4) is 0 Å². The van der Waals surface area contributed by atoms with E-state index >= 15 is 0 Å². The van der Waals surface area contributed by atoms with E-state index in [2.05, 4.69) is 151 Å². The second-order valence-corrected chi connectivity index (χ2v) is 11.8. The highest BCUT2D eigenvalue weighted by Gasteiger charge is 2.16. The summed E-state index contributed by atoms with van der Waals surface area (Å²) in [5.74, 6) is 0.372. The lowest BCUT2D eigenvalue weighted by molar-refractivity contribution is 0.731. The fourth-order valence-corrected chi connectivity index (χ4v) is 6.13. The number of nitrogens with zero attached hydrogens (tertiary/aromatic N) is 2. The predicted octanol–water partition coefficient (Wildman–Crippen LogP) is 8.87. The van der Waals surface area contributed by atoms with Crippen molar-refractivity contribution < 1.29 is 0 Å². The quantitative estimate of drug-likeness (QED) is 0.171. The fraction of sp³-hybridized carbons (Fsp3) is 0.250. The van der Waals surface area contributed by atoms with Gasteiger partial charge in [0.1, 0.15) is 0 Å². The Morgan fingerprint density at radius 3 is 1.81 bits per heavy atom. The van der Waals surface area contributed by atoms with Crippen molar-refractivity contribution in [3.63, 3.8) is 0 Å². The van der Waals surface area contributed by atoms with E-state index in [4.69, 9.17) is 0 Å². The Morgan fingerprint density at radius 1 is 0.595 bits per heavy atom. The first-order valence-electron chi connectivity index (χ1n) is 15.5. The Labute approximate surface area is 252 Å². The van der Waals surface area contributed by atoms with Crippen LogP contribution in [-0.4, -0.2) is 20.1 Å². The molecule has 1 atom stereocenters. The largest absolute Gasteiger partial charge is 0.374 e. The topological polar surface area (TPSA) is 6.48 Å². The summed E-state index contributed by atoms with van der Waals surface area (Å²) in [6.45, 7) is 5.43. The number of fused-ring (bicyclic) bond motifs is 1. The van der Waals surface area contributed by atoms with E-state index in [1.54, 1.807) is 0 Å². The molecule has 0 saturated carbocycles. The lowest BCUT2D eigenvalue weighted by Crippen LogP contribution is -2.30. The summed E-state index contributed by atoms with van der Waals surface area (Å²) in [7, 11) is 2.18. The Kier molecular flexibility index (Phi) is 8.70. The van der Waals surface area contributed by atoms with E-state index in [-0.39, 0.29) is 0 Å². The average molecular weight is 551 g/mol. The van der Waals surface area contributed by atoms with Crippen molar-refractivity contribution >= 4 is 11.4 Å². The molecule has 1 aliphatic heterocycles. The molecule has 6 rings (SSSR count). The summed E-state index contributed by atoms with van der Waals surface area (Å²) in [5, 5.41) is 0. The Hall–Kier alpha value is -4.30. The third kappa shape index (κ3) is 6.77. The minimum Gasteiger partial charge on any atom is -0.374 e. The Bertz CT molecular complexity index is 1550. The number of hydrogen-bond donors (Lipinski definition) is 0. The molecule has 0 aromatic heterocycles. The zero-order valence-corrected chi connectivity index (χ0v) is 25.0. The van der Waals surface area contributed by atoms with Crippen LogP contribution in [0.25, 0.3) is 0 Å². The molecule has 0 saturated heterocycles. The molecular formula is C40H42N2. The van der Waals surface area contributed by atoms with Crippen molar-refractivity contribution in [1.82, 2.24) is 0 Å². The maximum Gasteiger partial charge on any atom is 0.0432 e. The van der Waals surface area contributed by atoms with Gasteiger partial charge in [0.25, 0.3) is 0 Å². The van der Waals surface area contributed by atoms with Gasteiger partial charge in [-0.2, -0.15) is 0 Å². The van der Waals surface area contributed by atoms with Gasteiger partial charge < -0.3 is 9.80 Å². The number of aryl methyl sites for hydroxylation is 2. The van der Waals surface area contributed by atoms with Crippen molar-refractivity contribution in [2.24, 2.45) is 0 Å². The second-order valence-electron chi connectivity index (χ2n) is 11.8. The summed E-state index contributed by atoms with van der Waals surface area (Å²) in [5.41, 5.74) is 12.5. The standard InChI is InChI=1S/C40H42N2/c1-31(36-20-24-39(25-21-36)41(2)28-26-32-8-4-3-5-9-32)35-18-14-33(15-19-35)12-13-34-16-22-40(23-17-34)42-29-27-37-10-6-7-11-38(37)30-42/h3-11,14-25,31H,12-13,26-30H2,1-2H3. The lowest BCUT2D eigenvalue weighted by Gasteiger charge is -2.30. The van der Waals surface area contributed by atoms with Gasteiger partial charge >= 0.3 is 0 Å². The van der Waals surface area contributed by atoms with E-state index in [1.165, 1.54) is 50.3 Å². The maximum atomic E-state index is 2.50. The summed E-state index contributed by atoms with van der Waals surface area (Å²) in [6.07, 6.45) is 4.32. The van der Waals surface area contributed by atoms with Crippen LogP contribution in [0.2, 0.25) is 0 Å². The van der Waals surface area contributed by atoms with Crippen LogP contribution in [0.4, 0.5) is 11.4 Å². The van der Waals surface area contributed by atoms with Gasteiger partial charge in [0.15, 0.2) is 0 Å². The highest BCUT2D eigenvalue weighted by molar-refractivity contribution is 5.51. The van der Waals surface area contributed by atoms with Gasteiger partial charge in [-0.1, -0.05) is 110 Å². The average Bonchev–Trinajstić information content (AvgIpc) is 3.07. The van der Waals surface area contributed by atoms with Crippen LogP contribution in [0, 0.1) is 0 Å². The van der Waals surface area contributed by atoms with Crippen molar-refractivity contribution in [2.45, 2.75) is 45.1 Å². The van der Waals surface area contributed by atoms with E-state index in [0.29, 0.717) is 5.92 Å². The van der Waals surface area contributed by atoms with Crippen LogP contribution < -0.4 is 9.80 Å². The SMILES string of the molecule is CC(c1ccc(CCc2ccc(N3CCc4ccccc4C3)cc2)cc1)c1ccc(N(C)CCc2ccccc2)cc1.